The van der Waals surface area contributed by atoms with Crippen molar-refractivity contribution in [3.8, 4) is 0 Å². The number of nitro benzene ring substituents is 1. The van der Waals surface area contributed by atoms with E-state index in [-0.39, 0.29) is 0 Å². The highest BCUT2D eigenvalue weighted by molar-refractivity contribution is 9.10. The van der Waals surface area contributed by atoms with E-state index >= 15 is 0 Å². The molecule has 2 aromatic carbocycles. The fourth-order valence-electron chi connectivity index (χ4n) is 1.63. The third-order valence-corrected chi connectivity index (χ3v) is 3.62. The Labute approximate surface area is 127 Å². The molecule has 0 radical (unpaired) electrons. The van der Waals surface area contributed by atoms with Gasteiger partial charge in [-0.2, -0.15) is 4.39 Å². The SMILES string of the molecule is O=[N+]([O-])c1ccc(NCc2ccc(Cl)cc2Br)cc1F. The lowest BCUT2D eigenvalue weighted by molar-refractivity contribution is -0.387. The molecule has 0 saturated heterocycles. The van der Waals surface area contributed by atoms with E-state index in [1.54, 1.807) is 12.1 Å². The molecule has 0 spiro atoms. The molecule has 1 N–H and O–H groups in total. The quantitative estimate of drug-likeness (QED) is 0.632. The number of nitrogens with zero attached hydrogens (tertiary/aromatic N) is 1. The highest BCUT2D eigenvalue weighted by atomic mass is 79.9. The summed E-state index contributed by atoms with van der Waals surface area (Å²) in [5.74, 6) is -0.866. The third kappa shape index (κ3) is 3.46. The van der Waals surface area contributed by atoms with Crippen molar-refractivity contribution in [3.05, 3.63) is 67.4 Å². The second-order valence-corrected chi connectivity index (χ2v) is 5.30. The van der Waals surface area contributed by atoms with E-state index in [1.807, 2.05) is 6.07 Å². The van der Waals surface area contributed by atoms with Gasteiger partial charge in [-0.25, -0.2) is 0 Å². The van der Waals surface area contributed by atoms with E-state index in [0.29, 0.717) is 17.3 Å². The Hall–Kier alpha value is -1.66. The Morgan fingerprint density at radius 1 is 1.30 bits per heavy atom. The molecule has 0 amide bonds. The lowest BCUT2D eigenvalue weighted by Gasteiger charge is -2.08. The first-order valence-corrected chi connectivity index (χ1v) is 6.76. The highest BCUT2D eigenvalue weighted by Crippen LogP contribution is 2.24. The Bertz CT molecular complexity index is 667. The van der Waals surface area contributed by atoms with Crippen molar-refractivity contribution < 1.29 is 9.31 Å². The minimum atomic E-state index is -0.866. The van der Waals surface area contributed by atoms with Gasteiger partial charge in [0.05, 0.1) is 4.92 Å². The normalized spacial score (nSPS) is 10.3. The number of halogens is 3. The van der Waals surface area contributed by atoms with Crippen molar-refractivity contribution >= 4 is 38.9 Å². The largest absolute Gasteiger partial charge is 0.381 e. The molecular formula is C13H9BrClFN2O2. The molecule has 4 nitrogen and oxygen atoms in total. The first-order valence-electron chi connectivity index (χ1n) is 5.59. The maximum atomic E-state index is 13.5. The van der Waals surface area contributed by atoms with Gasteiger partial charge in [0, 0.05) is 33.9 Å². The maximum absolute atomic E-state index is 13.5. The molecule has 7 heteroatoms. The van der Waals surface area contributed by atoms with E-state index in [9.17, 15) is 14.5 Å². The van der Waals surface area contributed by atoms with Crippen LogP contribution in [0.5, 0.6) is 0 Å². The van der Waals surface area contributed by atoms with Gasteiger partial charge in [-0.15, -0.1) is 0 Å². The lowest BCUT2D eigenvalue weighted by Crippen LogP contribution is -2.01. The summed E-state index contributed by atoms with van der Waals surface area (Å²) < 4.78 is 14.3. The molecule has 0 fully saturated rings. The average Bonchev–Trinajstić information content (AvgIpc) is 2.37. The minimum Gasteiger partial charge on any atom is -0.381 e. The Morgan fingerprint density at radius 3 is 2.65 bits per heavy atom. The van der Waals surface area contributed by atoms with Crippen molar-refractivity contribution in [2.75, 3.05) is 5.32 Å². The van der Waals surface area contributed by atoms with Gasteiger partial charge in [-0.3, -0.25) is 10.1 Å². The molecule has 0 unspecified atom stereocenters. The predicted octanol–water partition coefficient (Wildman–Crippen LogP) is 4.76. The van der Waals surface area contributed by atoms with Gasteiger partial charge in [0.1, 0.15) is 0 Å². The number of nitrogens with one attached hydrogen (secondary N) is 1. The van der Waals surface area contributed by atoms with Crippen LogP contribution in [0.25, 0.3) is 0 Å². The van der Waals surface area contributed by atoms with Crippen LogP contribution in [-0.2, 0) is 6.54 Å². The summed E-state index contributed by atoms with van der Waals surface area (Å²) >= 11 is 9.22. The summed E-state index contributed by atoms with van der Waals surface area (Å²) in [7, 11) is 0. The fourth-order valence-corrected chi connectivity index (χ4v) is 2.45. The molecular weight excluding hydrogens is 351 g/mol. The number of hydrogen-bond donors (Lipinski definition) is 1. The summed E-state index contributed by atoms with van der Waals surface area (Å²) in [6.45, 7) is 0.439. The van der Waals surface area contributed by atoms with Crippen molar-refractivity contribution in [1.29, 1.82) is 0 Å². The van der Waals surface area contributed by atoms with Crippen LogP contribution in [0.3, 0.4) is 0 Å². The Balaban J connectivity index is 2.11. The lowest BCUT2D eigenvalue weighted by atomic mass is 10.2. The van der Waals surface area contributed by atoms with Gasteiger partial charge in [-0.1, -0.05) is 33.6 Å². The number of rotatable bonds is 4. The van der Waals surface area contributed by atoms with Crippen LogP contribution in [0.15, 0.2) is 40.9 Å². The molecule has 0 heterocycles. The summed E-state index contributed by atoms with van der Waals surface area (Å²) in [5.41, 5.74) is 0.867. The van der Waals surface area contributed by atoms with E-state index in [2.05, 4.69) is 21.2 Å². The van der Waals surface area contributed by atoms with Crippen LogP contribution >= 0.6 is 27.5 Å². The summed E-state index contributed by atoms with van der Waals surface area (Å²) in [6, 6.07) is 9.04. The highest BCUT2D eigenvalue weighted by Gasteiger charge is 2.13. The summed E-state index contributed by atoms with van der Waals surface area (Å²) in [5, 5.41) is 14.1. The first-order chi connectivity index (χ1) is 9.47. The minimum absolute atomic E-state index is 0.439. The first kappa shape index (κ1) is 14.7. The zero-order chi connectivity index (χ0) is 14.7. The van der Waals surface area contributed by atoms with E-state index < -0.39 is 16.4 Å². The number of nitro groups is 1. The fraction of sp³-hybridized carbons (Fsp3) is 0.0769. The molecule has 2 rings (SSSR count). The van der Waals surface area contributed by atoms with Gasteiger partial charge < -0.3 is 5.32 Å². The molecule has 0 bridgehead atoms. The van der Waals surface area contributed by atoms with Crippen molar-refractivity contribution in [2.45, 2.75) is 6.54 Å². The standard InChI is InChI=1S/C13H9BrClFN2O2/c14-11-5-9(15)2-1-8(11)7-17-10-3-4-13(18(19)20)12(16)6-10/h1-6,17H,7H2. The van der Waals surface area contributed by atoms with Crippen LogP contribution in [0.2, 0.25) is 5.02 Å². The maximum Gasteiger partial charge on any atom is 0.304 e. The van der Waals surface area contributed by atoms with E-state index in [0.717, 1.165) is 22.2 Å². The monoisotopic (exact) mass is 358 g/mol. The molecule has 0 aliphatic rings. The zero-order valence-corrected chi connectivity index (χ0v) is 12.4. The molecule has 0 aliphatic heterocycles. The second-order valence-electron chi connectivity index (χ2n) is 4.01. The van der Waals surface area contributed by atoms with Gasteiger partial charge in [0.15, 0.2) is 0 Å². The number of anilines is 1. The van der Waals surface area contributed by atoms with Crippen molar-refractivity contribution in [2.24, 2.45) is 0 Å². The van der Waals surface area contributed by atoms with Crippen LogP contribution in [0.1, 0.15) is 5.56 Å². The Kier molecular flexibility index (Phi) is 4.57. The predicted molar refractivity (Wildman–Crippen MR) is 79.5 cm³/mol. The van der Waals surface area contributed by atoms with Crippen LogP contribution < -0.4 is 5.32 Å². The van der Waals surface area contributed by atoms with Gasteiger partial charge in [0.2, 0.25) is 5.82 Å². The zero-order valence-electron chi connectivity index (χ0n) is 10.1. The third-order valence-electron chi connectivity index (χ3n) is 2.64. The van der Waals surface area contributed by atoms with Gasteiger partial charge in [-0.05, 0) is 23.8 Å². The summed E-state index contributed by atoms with van der Waals surface area (Å²) in [6.07, 6.45) is 0. The molecule has 0 aromatic heterocycles. The van der Waals surface area contributed by atoms with Crippen LogP contribution in [-0.4, -0.2) is 4.92 Å². The topological polar surface area (TPSA) is 55.2 Å². The van der Waals surface area contributed by atoms with Crippen molar-refractivity contribution in [1.82, 2.24) is 0 Å². The smallest absolute Gasteiger partial charge is 0.304 e. The van der Waals surface area contributed by atoms with Crippen LogP contribution in [0, 0.1) is 15.9 Å². The Morgan fingerprint density at radius 2 is 2.05 bits per heavy atom. The van der Waals surface area contributed by atoms with E-state index in [1.165, 1.54) is 6.07 Å². The van der Waals surface area contributed by atoms with E-state index in [4.69, 9.17) is 11.6 Å². The molecule has 0 saturated carbocycles. The van der Waals surface area contributed by atoms with Crippen molar-refractivity contribution in [3.63, 3.8) is 0 Å². The number of hydrogen-bond acceptors (Lipinski definition) is 3. The molecule has 104 valence electrons. The van der Waals surface area contributed by atoms with Gasteiger partial charge >= 0.3 is 5.69 Å². The molecule has 20 heavy (non-hydrogen) atoms. The molecule has 0 atom stereocenters. The molecule has 2 aromatic rings. The van der Waals surface area contributed by atoms with Gasteiger partial charge in [0.25, 0.3) is 0 Å². The average molecular weight is 360 g/mol. The molecule has 0 aliphatic carbocycles. The van der Waals surface area contributed by atoms with Crippen LogP contribution in [0.4, 0.5) is 15.8 Å². The summed E-state index contributed by atoms with van der Waals surface area (Å²) in [4.78, 5) is 9.76. The second kappa shape index (κ2) is 6.19. The number of benzene rings is 2.